The zero-order chi connectivity index (χ0) is 16.5. The molecule has 2 N–H and O–H groups in total. The van der Waals surface area contributed by atoms with E-state index in [9.17, 15) is 4.79 Å². The molecule has 0 bridgehead atoms. The van der Waals surface area contributed by atoms with Crippen molar-refractivity contribution < 1.29 is 9.90 Å². The second kappa shape index (κ2) is 5.82. The van der Waals surface area contributed by atoms with Crippen LogP contribution in [0.25, 0.3) is 0 Å². The largest absolute Gasteiger partial charge is 0.478 e. The van der Waals surface area contributed by atoms with Gasteiger partial charge in [0.05, 0.1) is 5.56 Å². The number of benzene rings is 2. The molecule has 3 rings (SSSR count). The van der Waals surface area contributed by atoms with Gasteiger partial charge in [0.1, 0.15) is 0 Å². The van der Waals surface area contributed by atoms with Gasteiger partial charge in [-0.15, -0.1) is 0 Å². The topological polar surface area (TPSA) is 49.3 Å². The molecule has 3 heteroatoms. The number of aromatic carboxylic acids is 1. The third-order valence-electron chi connectivity index (χ3n) is 5.25. The minimum Gasteiger partial charge on any atom is -0.478 e. The van der Waals surface area contributed by atoms with Crippen molar-refractivity contribution >= 4 is 5.97 Å². The first kappa shape index (κ1) is 15.8. The van der Waals surface area contributed by atoms with Crippen molar-refractivity contribution in [3.63, 3.8) is 0 Å². The lowest BCUT2D eigenvalue weighted by molar-refractivity contribution is 0.0696. The summed E-state index contributed by atoms with van der Waals surface area (Å²) >= 11 is 0. The highest BCUT2D eigenvalue weighted by Crippen LogP contribution is 2.51. The van der Waals surface area contributed by atoms with E-state index < -0.39 is 5.97 Å². The lowest BCUT2D eigenvalue weighted by Crippen LogP contribution is -2.47. The van der Waals surface area contributed by atoms with Crippen LogP contribution in [-0.2, 0) is 12.0 Å². The Kier molecular flexibility index (Phi) is 3.99. The summed E-state index contributed by atoms with van der Waals surface area (Å²) in [6.07, 6.45) is 2.29. The van der Waals surface area contributed by atoms with Crippen molar-refractivity contribution in [1.82, 2.24) is 5.32 Å². The second-order valence-corrected chi connectivity index (χ2v) is 6.93. The van der Waals surface area contributed by atoms with Crippen LogP contribution in [0.3, 0.4) is 0 Å². The van der Waals surface area contributed by atoms with Crippen LogP contribution in [0, 0.1) is 0 Å². The van der Waals surface area contributed by atoms with Gasteiger partial charge < -0.3 is 10.4 Å². The summed E-state index contributed by atoms with van der Waals surface area (Å²) in [6.45, 7) is 5.27. The Bertz CT molecular complexity index is 703. The quantitative estimate of drug-likeness (QED) is 0.848. The van der Waals surface area contributed by atoms with Crippen LogP contribution in [0.4, 0.5) is 0 Å². The Labute approximate surface area is 137 Å². The SMILES string of the molecule is CC(C)(c1ccccc1)C1(NCc2cccc(C(=O)O)c2)CC1. The number of hydrogen-bond acceptors (Lipinski definition) is 2. The monoisotopic (exact) mass is 309 g/mol. The summed E-state index contributed by atoms with van der Waals surface area (Å²) in [6, 6.07) is 17.8. The number of hydrogen-bond donors (Lipinski definition) is 2. The van der Waals surface area contributed by atoms with E-state index in [2.05, 4.69) is 43.4 Å². The lowest BCUT2D eigenvalue weighted by atomic mass is 9.75. The number of rotatable bonds is 6. The average molecular weight is 309 g/mol. The standard InChI is InChI=1S/C20H23NO2/c1-19(2,17-9-4-3-5-10-17)20(11-12-20)21-14-15-7-6-8-16(13-15)18(22)23/h3-10,13,21H,11-12,14H2,1-2H3,(H,22,23). The van der Waals surface area contributed by atoms with Gasteiger partial charge in [0.2, 0.25) is 0 Å². The van der Waals surface area contributed by atoms with E-state index in [4.69, 9.17) is 5.11 Å². The van der Waals surface area contributed by atoms with E-state index in [0.29, 0.717) is 12.1 Å². The molecular weight excluding hydrogens is 286 g/mol. The van der Waals surface area contributed by atoms with Crippen molar-refractivity contribution in [1.29, 1.82) is 0 Å². The van der Waals surface area contributed by atoms with Crippen LogP contribution in [0.2, 0.25) is 0 Å². The van der Waals surface area contributed by atoms with Crippen LogP contribution in [-0.4, -0.2) is 16.6 Å². The van der Waals surface area contributed by atoms with Gasteiger partial charge in [0.25, 0.3) is 0 Å². The average Bonchev–Trinajstić information content (AvgIpc) is 3.36. The van der Waals surface area contributed by atoms with Gasteiger partial charge in [-0.05, 0) is 36.1 Å². The fourth-order valence-electron chi connectivity index (χ4n) is 3.36. The molecule has 23 heavy (non-hydrogen) atoms. The molecule has 1 aliphatic carbocycles. The second-order valence-electron chi connectivity index (χ2n) is 6.93. The molecule has 0 unspecified atom stereocenters. The van der Waals surface area contributed by atoms with Crippen molar-refractivity contribution in [2.24, 2.45) is 0 Å². The lowest BCUT2D eigenvalue weighted by Gasteiger charge is -2.36. The fraction of sp³-hybridized carbons (Fsp3) is 0.350. The number of nitrogens with one attached hydrogen (secondary N) is 1. The molecule has 2 aromatic carbocycles. The Morgan fingerprint density at radius 1 is 1.13 bits per heavy atom. The van der Waals surface area contributed by atoms with Gasteiger partial charge in [0.15, 0.2) is 0 Å². The van der Waals surface area contributed by atoms with Crippen LogP contribution >= 0.6 is 0 Å². The van der Waals surface area contributed by atoms with Crippen molar-refractivity contribution in [3.05, 3.63) is 71.3 Å². The molecule has 1 aliphatic rings. The molecule has 0 aromatic heterocycles. The first-order valence-electron chi connectivity index (χ1n) is 8.07. The van der Waals surface area contributed by atoms with E-state index >= 15 is 0 Å². The molecule has 0 amide bonds. The van der Waals surface area contributed by atoms with Gasteiger partial charge in [-0.2, -0.15) is 0 Å². The van der Waals surface area contributed by atoms with Gasteiger partial charge >= 0.3 is 5.97 Å². The Morgan fingerprint density at radius 3 is 2.43 bits per heavy atom. The molecule has 0 aliphatic heterocycles. The zero-order valence-corrected chi connectivity index (χ0v) is 13.7. The Balaban J connectivity index is 1.75. The number of carboxylic acid groups (broad SMARTS) is 1. The smallest absolute Gasteiger partial charge is 0.335 e. The highest BCUT2D eigenvalue weighted by molar-refractivity contribution is 5.87. The highest BCUT2D eigenvalue weighted by atomic mass is 16.4. The summed E-state index contributed by atoms with van der Waals surface area (Å²) in [5.41, 5.74) is 2.83. The van der Waals surface area contributed by atoms with Crippen molar-refractivity contribution in [2.45, 2.75) is 44.2 Å². The van der Waals surface area contributed by atoms with Crippen molar-refractivity contribution in [3.8, 4) is 0 Å². The van der Waals surface area contributed by atoms with Gasteiger partial charge in [-0.25, -0.2) is 4.79 Å². The maximum absolute atomic E-state index is 11.1. The molecule has 120 valence electrons. The van der Waals surface area contributed by atoms with Gasteiger partial charge in [-0.1, -0.05) is 56.3 Å². The minimum atomic E-state index is -0.877. The van der Waals surface area contributed by atoms with Gasteiger partial charge in [0, 0.05) is 17.5 Å². The normalized spacial score (nSPS) is 16.1. The highest BCUT2D eigenvalue weighted by Gasteiger charge is 2.54. The number of carboxylic acids is 1. The fourth-order valence-corrected chi connectivity index (χ4v) is 3.36. The summed E-state index contributed by atoms with van der Waals surface area (Å²) in [7, 11) is 0. The predicted octanol–water partition coefficient (Wildman–Crippen LogP) is 3.98. The Hall–Kier alpha value is -2.13. The first-order valence-corrected chi connectivity index (χ1v) is 8.07. The van der Waals surface area contributed by atoms with E-state index in [1.165, 1.54) is 5.56 Å². The summed E-state index contributed by atoms with van der Waals surface area (Å²) < 4.78 is 0. The Morgan fingerprint density at radius 2 is 1.83 bits per heavy atom. The molecule has 0 radical (unpaired) electrons. The summed E-state index contributed by atoms with van der Waals surface area (Å²) in [5, 5.41) is 12.8. The molecule has 0 saturated heterocycles. The molecule has 0 atom stereocenters. The zero-order valence-electron chi connectivity index (χ0n) is 13.7. The maximum Gasteiger partial charge on any atom is 0.335 e. The van der Waals surface area contributed by atoms with Gasteiger partial charge in [-0.3, -0.25) is 0 Å². The molecule has 1 saturated carbocycles. The summed E-state index contributed by atoms with van der Waals surface area (Å²) in [4.78, 5) is 11.1. The van der Waals surface area contributed by atoms with Crippen LogP contribution < -0.4 is 5.32 Å². The minimum absolute atomic E-state index is 0.0403. The number of carbonyl (C=O) groups is 1. The van der Waals surface area contributed by atoms with E-state index in [1.54, 1.807) is 12.1 Å². The molecule has 0 spiro atoms. The van der Waals surface area contributed by atoms with E-state index in [1.807, 2.05) is 18.2 Å². The molecular formula is C20H23NO2. The van der Waals surface area contributed by atoms with Crippen LogP contribution in [0.15, 0.2) is 54.6 Å². The van der Waals surface area contributed by atoms with E-state index in [0.717, 1.165) is 18.4 Å². The molecule has 1 fully saturated rings. The molecule has 0 heterocycles. The van der Waals surface area contributed by atoms with Crippen molar-refractivity contribution in [2.75, 3.05) is 0 Å². The summed E-state index contributed by atoms with van der Waals surface area (Å²) in [5.74, 6) is -0.877. The molecule has 3 nitrogen and oxygen atoms in total. The first-order chi connectivity index (χ1) is 10.9. The third-order valence-corrected chi connectivity index (χ3v) is 5.25. The molecule has 2 aromatic rings. The van der Waals surface area contributed by atoms with Crippen LogP contribution in [0.1, 0.15) is 48.2 Å². The maximum atomic E-state index is 11.1. The van der Waals surface area contributed by atoms with Crippen LogP contribution in [0.5, 0.6) is 0 Å². The predicted molar refractivity (Wildman–Crippen MR) is 91.7 cm³/mol. The third kappa shape index (κ3) is 3.02. The van der Waals surface area contributed by atoms with E-state index in [-0.39, 0.29) is 11.0 Å².